The third kappa shape index (κ3) is 2.97. The number of ether oxygens (including phenoxy) is 1. The van der Waals surface area contributed by atoms with Gasteiger partial charge in [-0.25, -0.2) is 14.5 Å². The molecule has 0 unspecified atom stereocenters. The maximum absolute atomic E-state index is 12.6. The van der Waals surface area contributed by atoms with Gasteiger partial charge in [0.15, 0.2) is 0 Å². The quantitative estimate of drug-likeness (QED) is 0.696. The Kier molecular flexibility index (Phi) is 4.57. The molecule has 8 heteroatoms. The number of aryl methyl sites for hydroxylation is 1. The van der Waals surface area contributed by atoms with E-state index >= 15 is 0 Å². The second kappa shape index (κ2) is 6.83. The molecular formula is C18H18N4O4. The number of H-pyrrole nitrogens is 1. The number of hydrogen-bond donors (Lipinski definition) is 2. The molecule has 8 nitrogen and oxygen atoms in total. The Balaban J connectivity index is 1.94. The number of benzene rings is 1. The molecule has 0 aliphatic carbocycles. The highest BCUT2D eigenvalue weighted by atomic mass is 16.5. The number of rotatable bonds is 4. The first-order chi connectivity index (χ1) is 12.4. The molecule has 3 aromatic rings. The largest absolute Gasteiger partial charge is 0.462 e. The maximum atomic E-state index is 12.6. The van der Waals surface area contributed by atoms with E-state index in [0.717, 1.165) is 4.68 Å². The summed E-state index contributed by atoms with van der Waals surface area (Å²) in [6.45, 7) is 5.27. The number of amides is 1. The average molecular weight is 354 g/mol. The van der Waals surface area contributed by atoms with Gasteiger partial charge in [-0.15, -0.1) is 0 Å². The molecule has 1 amide bonds. The van der Waals surface area contributed by atoms with Gasteiger partial charge in [-0.1, -0.05) is 12.1 Å². The fourth-order valence-corrected chi connectivity index (χ4v) is 2.80. The van der Waals surface area contributed by atoms with Crippen molar-refractivity contribution in [2.75, 3.05) is 12.0 Å². The molecular weight excluding hydrogens is 336 g/mol. The summed E-state index contributed by atoms with van der Waals surface area (Å²) in [5, 5.41) is 0.391. The lowest BCUT2D eigenvalue weighted by molar-refractivity contribution is 0.0525. The summed E-state index contributed by atoms with van der Waals surface area (Å²) in [6.07, 6.45) is 1.25. The van der Waals surface area contributed by atoms with Crippen LogP contribution in [0.25, 0.3) is 10.9 Å². The molecule has 0 atom stereocenters. The molecule has 3 rings (SSSR count). The number of nitrogens with zero attached hydrogens (tertiary/aromatic N) is 2. The first-order valence-electron chi connectivity index (χ1n) is 8.08. The van der Waals surface area contributed by atoms with Crippen LogP contribution in [0.1, 0.15) is 39.0 Å². The van der Waals surface area contributed by atoms with Crippen LogP contribution < -0.4 is 11.0 Å². The Bertz CT molecular complexity index is 1060. The number of hydrogen-bond acceptors (Lipinski definition) is 5. The van der Waals surface area contributed by atoms with Crippen LogP contribution >= 0.6 is 0 Å². The van der Waals surface area contributed by atoms with E-state index in [-0.39, 0.29) is 12.3 Å². The monoisotopic (exact) mass is 354 g/mol. The molecule has 0 bridgehead atoms. The van der Waals surface area contributed by atoms with Crippen LogP contribution in [0.15, 0.2) is 35.4 Å². The molecule has 0 saturated heterocycles. The van der Waals surface area contributed by atoms with Crippen molar-refractivity contribution in [2.24, 2.45) is 0 Å². The zero-order valence-corrected chi connectivity index (χ0v) is 14.6. The van der Waals surface area contributed by atoms with Gasteiger partial charge in [0.25, 0.3) is 11.5 Å². The second-order valence-electron chi connectivity index (χ2n) is 5.72. The molecule has 0 aliphatic heterocycles. The third-order valence-corrected chi connectivity index (χ3v) is 4.03. The van der Waals surface area contributed by atoms with Gasteiger partial charge < -0.3 is 9.72 Å². The number of esters is 1. The van der Waals surface area contributed by atoms with Crippen molar-refractivity contribution in [3.05, 3.63) is 63.5 Å². The van der Waals surface area contributed by atoms with Crippen LogP contribution in [0.2, 0.25) is 0 Å². The van der Waals surface area contributed by atoms with E-state index in [4.69, 9.17) is 4.74 Å². The number of aromatic nitrogens is 3. The molecule has 26 heavy (non-hydrogen) atoms. The van der Waals surface area contributed by atoms with E-state index in [1.54, 1.807) is 45.0 Å². The minimum absolute atomic E-state index is 0.186. The smallest absolute Gasteiger partial charge is 0.340 e. The van der Waals surface area contributed by atoms with Gasteiger partial charge in [0.2, 0.25) is 0 Å². The number of nitrogens with one attached hydrogen (secondary N) is 2. The van der Waals surface area contributed by atoms with Gasteiger partial charge >= 0.3 is 5.97 Å². The normalized spacial score (nSPS) is 10.7. The van der Waals surface area contributed by atoms with Crippen molar-refractivity contribution in [3.63, 3.8) is 0 Å². The van der Waals surface area contributed by atoms with Crippen molar-refractivity contribution >= 4 is 22.8 Å². The summed E-state index contributed by atoms with van der Waals surface area (Å²) >= 11 is 0. The molecule has 134 valence electrons. The highest BCUT2D eigenvalue weighted by Gasteiger charge is 2.23. The fraction of sp³-hybridized carbons (Fsp3) is 0.222. The fourth-order valence-electron chi connectivity index (χ4n) is 2.80. The maximum Gasteiger partial charge on any atom is 0.340 e. The summed E-state index contributed by atoms with van der Waals surface area (Å²) in [5.41, 5.74) is 4.13. The summed E-state index contributed by atoms with van der Waals surface area (Å²) < 4.78 is 6.03. The molecule has 2 N–H and O–H groups in total. The molecule has 0 saturated carbocycles. The molecule has 0 spiro atoms. The number of carbonyl (C=O) groups is 2. The Labute approximate surface area is 148 Å². The predicted octanol–water partition coefficient (Wildman–Crippen LogP) is 1.90. The number of carbonyl (C=O) groups excluding carboxylic acids is 2. The Morgan fingerprint density at radius 2 is 2.00 bits per heavy atom. The molecule has 0 radical (unpaired) electrons. The summed E-state index contributed by atoms with van der Waals surface area (Å²) in [4.78, 5) is 44.1. The number of aromatic amines is 1. The van der Waals surface area contributed by atoms with Crippen molar-refractivity contribution in [1.82, 2.24) is 14.6 Å². The van der Waals surface area contributed by atoms with Gasteiger partial charge in [-0.3, -0.25) is 15.0 Å². The summed E-state index contributed by atoms with van der Waals surface area (Å²) in [6, 6.07) is 6.85. The van der Waals surface area contributed by atoms with Crippen molar-refractivity contribution in [2.45, 2.75) is 20.8 Å². The minimum atomic E-state index is -0.555. The molecule has 1 aromatic carbocycles. The third-order valence-electron chi connectivity index (χ3n) is 4.03. The summed E-state index contributed by atoms with van der Waals surface area (Å²) in [7, 11) is 0. The van der Waals surface area contributed by atoms with Crippen molar-refractivity contribution < 1.29 is 14.3 Å². The molecule has 0 aliphatic rings. The Hall–Kier alpha value is -3.42. The lowest BCUT2D eigenvalue weighted by Gasteiger charge is -2.08. The summed E-state index contributed by atoms with van der Waals surface area (Å²) in [5.74, 6) is -1.05. The predicted molar refractivity (Wildman–Crippen MR) is 95.9 cm³/mol. The van der Waals surface area contributed by atoms with Crippen molar-refractivity contribution in [1.29, 1.82) is 0 Å². The first-order valence-corrected chi connectivity index (χ1v) is 8.08. The molecule has 2 heterocycles. The zero-order chi connectivity index (χ0) is 18.8. The molecule has 2 aromatic heterocycles. The van der Waals surface area contributed by atoms with Gasteiger partial charge in [0.1, 0.15) is 12.0 Å². The average Bonchev–Trinajstić information content (AvgIpc) is 2.92. The molecule has 0 fully saturated rings. The van der Waals surface area contributed by atoms with E-state index in [2.05, 4.69) is 15.4 Å². The number of para-hydroxylation sites is 1. The lowest BCUT2D eigenvalue weighted by atomic mass is 10.1. The van der Waals surface area contributed by atoms with Gasteiger partial charge in [-0.2, -0.15) is 0 Å². The second-order valence-corrected chi connectivity index (χ2v) is 5.72. The van der Waals surface area contributed by atoms with Gasteiger partial charge in [-0.05, 0) is 38.5 Å². The van der Waals surface area contributed by atoms with E-state index in [9.17, 15) is 14.4 Å². The van der Waals surface area contributed by atoms with Crippen LogP contribution in [0, 0.1) is 13.8 Å². The zero-order valence-electron chi connectivity index (χ0n) is 14.6. The standard InChI is InChI=1S/C18H18N4O4/c1-4-26-18(25)14-10(2)15(20-11(14)3)16(23)21-22-9-19-13-8-6-5-7-12(13)17(22)24/h5-9,20H,4H2,1-3H3,(H,21,23). The van der Waals surface area contributed by atoms with Gasteiger partial charge in [0, 0.05) is 5.69 Å². The van der Waals surface area contributed by atoms with Crippen LogP contribution in [0.4, 0.5) is 0 Å². The SMILES string of the molecule is CCOC(=O)c1c(C)[nH]c(C(=O)Nn2cnc3ccccc3c2=O)c1C. The Morgan fingerprint density at radius 1 is 1.27 bits per heavy atom. The van der Waals surface area contributed by atoms with Crippen LogP contribution in [0.3, 0.4) is 0 Å². The van der Waals surface area contributed by atoms with Crippen LogP contribution in [-0.4, -0.2) is 33.1 Å². The van der Waals surface area contributed by atoms with Crippen molar-refractivity contribution in [3.8, 4) is 0 Å². The van der Waals surface area contributed by atoms with Gasteiger partial charge in [0.05, 0.1) is 23.1 Å². The minimum Gasteiger partial charge on any atom is -0.462 e. The van der Waals surface area contributed by atoms with E-state index in [1.165, 1.54) is 6.33 Å². The van der Waals surface area contributed by atoms with Crippen LogP contribution in [0.5, 0.6) is 0 Å². The number of fused-ring (bicyclic) bond motifs is 1. The first kappa shape index (κ1) is 17.4. The Morgan fingerprint density at radius 3 is 2.73 bits per heavy atom. The lowest BCUT2D eigenvalue weighted by Crippen LogP contribution is -2.33. The topological polar surface area (TPSA) is 106 Å². The van der Waals surface area contributed by atoms with E-state index < -0.39 is 17.4 Å². The van der Waals surface area contributed by atoms with E-state index in [1.807, 2.05) is 0 Å². The highest BCUT2D eigenvalue weighted by Crippen LogP contribution is 2.19. The van der Waals surface area contributed by atoms with E-state index in [0.29, 0.717) is 27.7 Å². The highest BCUT2D eigenvalue weighted by molar-refractivity contribution is 6.03. The van der Waals surface area contributed by atoms with Crippen LogP contribution in [-0.2, 0) is 4.74 Å².